The summed E-state index contributed by atoms with van der Waals surface area (Å²) in [6.07, 6.45) is 2.42. The average molecular weight is 289 g/mol. The van der Waals surface area contributed by atoms with E-state index in [4.69, 9.17) is 10.5 Å². The van der Waals surface area contributed by atoms with Gasteiger partial charge in [0.1, 0.15) is 12.4 Å². The van der Waals surface area contributed by atoms with E-state index in [0.717, 1.165) is 17.9 Å². The Morgan fingerprint density at radius 2 is 2.24 bits per heavy atom. The number of carbonyl (C=O) groups is 1. The van der Waals surface area contributed by atoms with Gasteiger partial charge in [0.25, 0.3) is 0 Å². The molecule has 21 heavy (non-hydrogen) atoms. The van der Waals surface area contributed by atoms with E-state index >= 15 is 0 Å². The monoisotopic (exact) mass is 289 g/mol. The minimum Gasteiger partial charge on any atom is -0.490 e. The van der Waals surface area contributed by atoms with Gasteiger partial charge in [-0.3, -0.25) is 9.69 Å². The molecule has 0 spiro atoms. The lowest BCUT2D eigenvalue weighted by atomic mass is 10.1. The van der Waals surface area contributed by atoms with Crippen LogP contribution in [0.25, 0.3) is 0 Å². The molecule has 0 unspecified atom stereocenters. The highest BCUT2D eigenvalue weighted by atomic mass is 16.5. The molecule has 0 saturated carbocycles. The van der Waals surface area contributed by atoms with E-state index in [-0.39, 0.29) is 18.0 Å². The lowest BCUT2D eigenvalue weighted by molar-refractivity contribution is -0.125. The first-order chi connectivity index (χ1) is 10.1. The molecule has 114 valence electrons. The molecule has 2 rings (SSSR count). The van der Waals surface area contributed by atoms with Crippen molar-refractivity contribution in [2.75, 3.05) is 20.2 Å². The fourth-order valence-electron chi connectivity index (χ4n) is 2.63. The summed E-state index contributed by atoms with van der Waals surface area (Å²) in [7, 11) is 1.66. The van der Waals surface area contributed by atoms with Gasteiger partial charge in [-0.25, -0.2) is 0 Å². The molecule has 2 atom stereocenters. The zero-order valence-electron chi connectivity index (χ0n) is 12.4. The second-order valence-electron chi connectivity index (χ2n) is 5.30. The Morgan fingerprint density at radius 3 is 2.86 bits per heavy atom. The number of rotatable bonds is 6. The first-order valence-electron chi connectivity index (χ1n) is 7.18. The van der Waals surface area contributed by atoms with Crippen LogP contribution in [0.2, 0.25) is 0 Å². The lowest BCUT2D eigenvalue weighted by Crippen LogP contribution is -2.41. The number of hydrogen-bond acceptors (Lipinski definition) is 4. The number of nitrogens with one attached hydrogen (secondary N) is 1. The number of benzene rings is 1. The molecular formula is C16H23N3O2. The average Bonchev–Trinajstić information content (AvgIpc) is 2.86. The quantitative estimate of drug-likeness (QED) is 0.764. The van der Waals surface area contributed by atoms with Crippen molar-refractivity contribution in [2.24, 2.45) is 5.73 Å². The number of nitrogens with two attached hydrogens (primary N) is 1. The SMILES string of the molecule is C=CCOc1ccc(CN2C[C@H](N)C[C@H]2C(=O)NC)cc1. The van der Waals surface area contributed by atoms with Crippen molar-refractivity contribution in [3.05, 3.63) is 42.5 Å². The number of ether oxygens (including phenoxy) is 1. The lowest BCUT2D eigenvalue weighted by Gasteiger charge is -2.22. The molecule has 1 heterocycles. The van der Waals surface area contributed by atoms with Crippen molar-refractivity contribution in [1.29, 1.82) is 0 Å². The Hall–Kier alpha value is -1.85. The van der Waals surface area contributed by atoms with E-state index in [0.29, 0.717) is 19.6 Å². The summed E-state index contributed by atoms with van der Waals surface area (Å²) in [6, 6.07) is 7.82. The van der Waals surface area contributed by atoms with Gasteiger partial charge in [-0.05, 0) is 24.1 Å². The van der Waals surface area contributed by atoms with Gasteiger partial charge in [-0.1, -0.05) is 24.8 Å². The minimum atomic E-state index is -0.137. The highest BCUT2D eigenvalue weighted by Gasteiger charge is 2.34. The minimum absolute atomic E-state index is 0.0360. The molecule has 3 N–H and O–H groups in total. The highest BCUT2D eigenvalue weighted by molar-refractivity contribution is 5.81. The van der Waals surface area contributed by atoms with Crippen LogP contribution in [0.4, 0.5) is 0 Å². The van der Waals surface area contributed by atoms with Crippen molar-refractivity contribution in [1.82, 2.24) is 10.2 Å². The van der Waals surface area contributed by atoms with E-state index in [1.807, 2.05) is 24.3 Å². The third-order valence-corrected chi connectivity index (χ3v) is 3.66. The van der Waals surface area contributed by atoms with Crippen molar-refractivity contribution in [3.8, 4) is 5.75 Å². The van der Waals surface area contributed by atoms with Crippen molar-refractivity contribution in [3.63, 3.8) is 0 Å². The van der Waals surface area contributed by atoms with Crippen molar-refractivity contribution < 1.29 is 9.53 Å². The van der Waals surface area contributed by atoms with Gasteiger partial charge in [0, 0.05) is 26.2 Å². The van der Waals surface area contributed by atoms with Crippen molar-refractivity contribution in [2.45, 2.75) is 25.0 Å². The predicted molar refractivity (Wildman–Crippen MR) is 83.0 cm³/mol. The van der Waals surface area contributed by atoms with E-state index in [1.165, 1.54) is 0 Å². The van der Waals surface area contributed by atoms with Crippen LogP contribution < -0.4 is 15.8 Å². The fraction of sp³-hybridized carbons (Fsp3) is 0.438. The van der Waals surface area contributed by atoms with E-state index in [2.05, 4.69) is 16.8 Å². The van der Waals surface area contributed by atoms with Gasteiger partial charge in [0.15, 0.2) is 0 Å². The topological polar surface area (TPSA) is 67.6 Å². The smallest absolute Gasteiger partial charge is 0.237 e. The van der Waals surface area contributed by atoms with Crippen LogP contribution in [0.15, 0.2) is 36.9 Å². The van der Waals surface area contributed by atoms with E-state index in [1.54, 1.807) is 13.1 Å². The van der Waals surface area contributed by atoms with Crippen LogP contribution >= 0.6 is 0 Å². The van der Waals surface area contributed by atoms with Crippen LogP contribution in [-0.4, -0.2) is 43.1 Å². The van der Waals surface area contributed by atoms with Crippen LogP contribution in [0, 0.1) is 0 Å². The Balaban J connectivity index is 1.99. The molecule has 0 radical (unpaired) electrons. The van der Waals surface area contributed by atoms with E-state index in [9.17, 15) is 4.79 Å². The van der Waals surface area contributed by atoms with Crippen molar-refractivity contribution >= 4 is 5.91 Å². The third-order valence-electron chi connectivity index (χ3n) is 3.66. The Bertz CT molecular complexity index is 487. The standard InChI is InChI=1S/C16H23N3O2/c1-3-8-21-14-6-4-12(5-7-14)10-19-11-13(17)9-15(19)16(20)18-2/h3-7,13,15H,1,8-11,17H2,2H3,(H,18,20)/t13-,15+/m1/s1. The molecule has 5 nitrogen and oxygen atoms in total. The van der Waals surface area contributed by atoms with Crippen LogP contribution in [0.1, 0.15) is 12.0 Å². The van der Waals surface area contributed by atoms with Crippen LogP contribution in [0.3, 0.4) is 0 Å². The summed E-state index contributed by atoms with van der Waals surface area (Å²) < 4.78 is 5.46. The molecule has 1 aromatic carbocycles. The highest BCUT2D eigenvalue weighted by Crippen LogP contribution is 2.21. The summed E-state index contributed by atoms with van der Waals surface area (Å²) in [5, 5.41) is 2.71. The normalized spacial score (nSPS) is 22.0. The zero-order valence-corrected chi connectivity index (χ0v) is 12.4. The molecule has 1 aliphatic rings. The maximum atomic E-state index is 11.9. The summed E-state index contributed by atoms with van der Waals surface area (Å²) in [5.41, 5.74) is 7.13. The summed E-state index contributed by atoms with van der Waals surface area (Å²) in [5.74, 6) is 0.855. The van der Waals surface area contributed by atoms with Gasteiger partial charge in [0.2, 0.25) is 5.91 Å². The third kappa shape index (κ3) is 4.06. The molecule has 1 fully saturated rings. The summed E-state index contributed by atoms with van der Waals surface area (Å²) >= 11 is 0. The predicted octanol–water partition coefficient (Wildman–Crippen LogP) is 0.899. The Kier molecular flexibility index (Phi) is 5.36. The molecule has 1 aliphatic heterocycles. The number of amides is 1. The molecule has 0 bridgehead atoms. The summed E-state index contributed by atoms with van der Waals surface area (Å²) in [6.45, 7) is 5.58. The zero-order chi connectivity index (χ0) is 15.2. The number of nitrogens with zero attached hydrogens (tertiary/aromatic N) is 1. The van der Waals surface area contributed by atoms with E-state index < -0.39 is 0 Å². The number of likely N-dealkylation sites (tertiary alicyclic amines) is 1. The molecule has 0 aliphatic carbocycles. The molecule has 1 aromatic rings. The molecular weight excluding hydrogens is 266 g/mol. The second kappa shape index (κ2) is 7.24. The number of hydrogen-bond donors (Lipinski definition) is 2. The van der Waals surface area contributed by atoms with Gasteiger partial charge in [-0.2, -0.15) is 0 Å². The maximum Gasteiger partial charge on any atom is 0.237 e. The van der Waals surface area contributed by atoms with Crippen LogP contribution in [0.5, 0.6) is 5.75 Å². The Morgan fingerprint density at radius 1 is 1.52 bits per heavy atom. The molecule has 1 saturated heterocycles. The fourth-order valence-corrected chi connectivity index (χ4v) is 2.63. The molecule has 1 amide bonds. The maximum absolute atomic E-state index is 11.9. The van der Waals surface area contributed by atoms with Gasteiger partial charge < -0.3 is 15.8 Å². The number of likely N-dealkylation sites (N-methyl/N-ethyl adjacent to an activating group) is 1. The van der Waals surface area contributed by atoms with Gasteiger partial charge >= 0.3 is 0 Å². The van der Waals surface area contributed by atoms with Gasteiger partial charge in [-0.15, -0.1) is 0 Å². The molecule has 5 heteroatoms. The summed E-state index contributed by atoms with van der Waals surface area (Å²) in [4.78, 5) is 14.0. The van der Waals surface area contributed by atoms with Crippen LogP contribution in [-0.2, 0) is 11.3 Å². The second-order valence-corrected chi connectivity index (χ2v) is 5.30. The number of carbonyl (C=O) groups excluding carboxylic acids is 1. The first kappa shape index (κ1) is 15.5. The Labute approximate surface area is 125 Å². The molecule has 0 aromatic heterocycles. The largest absolute Gasteiger partial charge is 0.490 e. The van der Waals surface area contributed by atoms with Gasteiger partial charge in [0.05, 0.1) is 6.04 Å². The first-order valence-corrected chi connectivity index (χ1v) is 7.18.